The number of hydrogen-bond donors (Lipinski definition) is 1. The molecule has 26 heavy (non-hydrogen) atoms. The summed E-state index contributed by atoms with van der Waals surface area (Å²) >= 11 is 0. The number of ether oxygens (including phenoxy) is 1. The minimum absolute atomic E-state index is 0.0463. The molecule has 0 radical (unpaired) electrons. The summed E-state index contributed by atoms with van der Waals surface area (Å²) in [6, 6.07) is 15.9. The predicted octanol–water partition coefficient (Wildman–Crippen LogP) is 2.76. The van der Waals surface area contributed by atoms with Crippen LogP contribution in [0, 0.1) is 6.92 Å². The van der Waals surface area contributed by atoms with Crippen molar-refractivity contribution < 1.29 is 9.53 Å². The van der Waals surface area contributed by atoms with Crippen molar-refractivity contribution in [1.82, 2.24) is 9.80 Å². The zero-order valence-corrected chi connectivity index (χ0v) is 15.6. The number of hydrogen-bond acceptors (Lipinski definition) is 4. The van der Waals surface area contributed by atoms with Gasteiger partial charge in [0.25, 0.3) is 0 Å². The van der Waals surface area contributed by atoms with Gasteiger partial charge in [-0.3, -0.25) is 14.6 Å². The molecule has 3 rings (SSSR count). The lowest BCUT2D eigenvalue weighted by molar-refractivity contribution is -0.117. The Morgan fingerprint density at radius 3 is 2.42 bits per heavy atom. The maximum atomic E-state index is 12.2. The van der Waals surface area contributed by atoms with Gasteiger partial charge in [0.15, 0.2) is 0 Å². The maximum Gasteiger partial charge on any atom is 0.238 e. The Labute approximate surface area is 155 Å². The van der Waals surface area contributed by atoms with Crippen LogP contribution < -0.4 is 10.1 Å². The van der Waals surface area contributed by atoms with Gasteiger partial charge in [-0.15, -0.1) is 0 Å². The zero-order chi connectivity index (χ0) is 18.4. The topological polar surface area (TPSA) is 44.8 Å². The second-order valence-corrected chi connectivity index (χ2v) is 6.78. The molecule has 1 N–H and O–H groups in total. The quantitative estimate of drug-likeness (QED) is 0.867. The Balaban J connectivity index is 1.47. The van der Waals surface area contributed by atoms with Crippen molar-refractivity contribution in [3.8, 4) is 5.75 Å². The van der Waals surface area contributed by atoms with Gasteiger partial charge in [-0.1, -0.05) is 35.9 Å². The second-order valence-electron chi connectivity index (χ2n) is 6.78. The number of nitrogens with one attached hydrogen (secondary N) is 1. The van der Waals surface area contributed by atoms with Gasteiger partial charge in [0, 0.05) is 44.0 Å². The smallest absolute Gasteiger partial charge is 0.238 e. The first-order valence-electron chi connectivity index (χ1n) is 9.07. The SMILES string of the molecule is COc1ccc(C)cc1CN1CCN(CC(=O)Nc2ccccc2)CC1. The summed E-state index contributed by atoms with van der Waals surface area (Å²) in [4.78, 5) is 16.8. The molecule has 0 aliphatic carbocycles. The Morgan fingerprint density at radius 1 is 1.04 bits per heavy atom. The Kier molecular flexibility index (Phi) is 6.26. The Hall–Kier alpha value is -2.37. The first-order valence-corrected chi connectivity index (χ1v) is 9.07. The third-order valence-electron chi connectivity index (χ3n) is 4.72. The second kappa shape index (κ2) is 8.83. The third kappa shape index (κ3) is 5.07. The molecule has 1 saturated heterocycles. The monoisotopic (exact) mass is 353 g/mol. The summed E-state index contributed by atoms with van der Waals surface area (Å²) in [7, 11) is 1.72. The number of nitrogens with zero attached hydrogens (tertiary/aromatic N) is 2. The number of benzene rings is 2. The molecule has 0 saturated carbocycles. The molecule has 2 aromatic carbocycles. The number of para-hydroxylation sites is 1. The molecule has 0 aromatic heterocycles. The summed E-state index contributed by atoms with van der Waals surface area (Å²) in [6.07, 6.45) is 0. The van der Waals surface area contributed by atoms with E-state index in [1.165, 1.54) is 11.1 Å². The normalized spacial score (nSPS) is 15.6. The molecule has 1 fully saturated rings. The van der Waals surface area contributed by atoms with Crippen LogP contribution in [-0.4, -0.2) is 55.5 Å². The van der Waals surface area contributed by atoms with E-state index in [0.717, 1.165) is 44.2 Å². The van der Waals surface area contributed by atoms with E-state index in [9.17, 15) is 4.79 Å². The first-order chi connectivity index (χ1) is 12.6. The van der Waals surface area contributed by atoms with Gasteiger partial charge in [0.1, 0.15) is 5.75 Å². The molecule has 0 bridgehead atoms. The summed E-state index contributed by atoms with van der Waals surface area (Å²) < 4.78 is 5.48. The highest BCUT2D eigenvalue weighted by atomic mass is 16.5. The Bertz CT molecular complexity index is 725. The minimum Gasteiger partial charge on any atom is -0.496 e. The van der Waals surface area contributed by atoms with E-state index in [1.54, 1.807) is 7.11 Å². The van der Waals surface area contributed by atoms with Crippen molar-refractivity contribution in [2.75, 3.05) is 45.2 Å². The van der Waals surface area contributed by atoms with Crippen molar-refractivity contribution >= 4 is 11.6 Å². The molecule has 1 aliphatic rings. The average molecular weight is 353 g/mol. The van der Waals surface area contributed by atoms with Crippen LogP contribution in [0.1, 0.15) is 11.1 Å². The molecule has 1 amide bonds. The first kappa shape index (κ1) is 18.4. The number of aryl methyl sites for hydroxylation is 1. The number of rotatable bonds is 6. The van der Waals surface area contributed by atoms with Gasteiger partial charge in [0.2, 0.25) is 5.91 Å². The Morgan fingerprint density at radius 2 is 1.73 bits per heavy atom. The van der Waals surface area contributed by atoms with Crippen LogP contribution in [0.3, 0.4) is 0 Å². The highest BCUT2D eigenvalue weighted by Crippen LogP contribution is 2.22. The highest BCUT2D eigenvalue weighted by Gasteiger charge is 2.20. The van der Waals surface area contributed by atoms with Gasteiger partial charge in [-0.05, 0) is 25.1 Å². The van der Waals surface area contributed by atoms with Crippen LogP contribution in [-0.2, 0) is 11.3 Å². The lowest BCUT2D eigenvalue weighted by Crippen LogP contribution is -2.48. The standard InChI is InChI=1S/C21H27N3O2/c1-17-8-9-20(26-2)18(14-17)15-23-10-12-24(13-11-23)16-21(25)22-19-6-4-3-5-7-19/h3-9,14H,10-13,15-16H2,1-2H3,(H,22,25). The fraction of sp³-hybridized carbons (Fsp3) is 0.381. The average Bonchev–Trinajstić information content (AvgIpc) is 2.64. The number of piperazine rings is 1. The highest BCUT2D eigenvalue weighted by molar-refractivity contribution is 5.92. The van der Waals surface area contributed by atoms with Gasteiger partial charge in [-0.25, -0.2) is 0 Å². The minimum atomic E-state index is 0.0463. The molecule has 1 aliphatic heterocycles. The van der Waals surface area contributed by atoms with Crippen molar-refractivity contribution in [2.45, 2.75) is 13.5 Å². The lowest BCUT2D eigenvalue weighted by Gasteiger charge is -2.34. The van der Waals surface area contributed by atoms with Crippen LogP contribution in [0.15, 0.2) is 48.5 Å². The largest absolute Gasteiger partial charge is 0.496 e. The van der Waals surface area contributed by atoms with E-state index < -0.39 is 0 Å². The van der Waals surface area contributed by atoms with Crippen molar-refractivity contribution in [3.05, 3.63) is 59.7 Å². The molecule has 2 aromatic rings. The molecule has 0 unspecified atom stereocenters. The summed E-state index contributed by atoms with van der Waals surface area (Å²) in [5, 5.41) is 2.95. The summed E-state index contributed by atoms with van der Waals surface area (Å²) in [5.41, 5.74) is 3.32. The molecule has 0 spiro atoms. The molecule has 1 heterocycles. The van der Waals surface area contributed by atoms with E-state index in [0.29, 0.717) is 6.54 Å². The summed E-state index contributed by atoms with van der Waals surface area (Å²) in [5.74, 6) is 0.991. The molecule has 5 heteroatoms. The van der Waals surface area contributed by atoms with Crippen LogP contribution in [0.25, 0.3) is 0 Å². The van der Waals surface area contributed by atoms with Gasteiger partial charge < -0.3 is 10.1 Å². The lowest BCUT2D eigenvalue weighted by atomic mass is 10.1. The zero-order valence-electron chi connectivity index (χ0n) is 15.6. The van der Waals surface area contributed by atoms with Gasteiger partial charge in [-0.2, -0.15) is 0 Å². The molecular weight excluding hydrogens is 326 g/mol. The van der Waals surface area contributed by atoms with Crippen molar-refractivity contribution in [2.24, 2.45) is 0 Å². The van der Waals surface area contributed by atoms with E-state index in [4.69, 9.17) is 4.74 Å². The number of carbonyl (C=O) groups is 1. The summed E-state index contributed by atoms with van der Waals surface area (Å²) in [6.45, 7) is 7.13. The van der Waals surface area contributed by atoms with Crippen LogP contribution in [0.5, 0.6) is 5.75 Å². The van der Waals surface area contributed by atoms with Gasteiger partial charge >= 0.3 is 0 Å². The van der Waals surface area contributed by atoms with Crippen LogP contribution >= 0.6 is 0 Å². The van der Waals surface area contributed by atoms with Gasteiger partial charge in [0.05, 0.1) is 13.7 Å². The van der Waals surface area contributed by atoms with Crippen molar-refractivity contribution in [3.63, 3.8) is 0 Å². The maximum absolute atomic E-state index is 12.2. The molecule has 5 nitrogen and oxygen atoms in total. The van der Waals surface area contributed by atoms with Crippen LogP contribution in [0.2, 0.25) is 0 Å². The third-order valence-corrected chi connectivity index (χ3v) is 4.72. The fourth-order valence-corrected chi connectivity index (χ4v) is 3.30. The number of anilines is 1. The molecule has 0 atom stereocenters. The van der Waals surface area contributed by atoms with E-state index in [2.05, 4.69) is 34.2 Å². The number of carbonyl (C=O) groups excluding carboxylic acids is 1. The van der Waals surface area contributed by atoms with E-state index in [-0.39, 0.29) is 5.91 Å². The number of amides is 1. The molecule has 138 valence electrons. The van der Waals surface area contributed by atoms with E-state index in [1.807, 2.05) is 36.4 Å². The molecular formula is C21H27N3O2. The van der Waals surface area contributed by atoms with Crippen molar-refractivity contribution in [1.29, 1.82) is 0 Å². The van der Waals surface area contributed by atoms with Crippen LogP contribution in [0.4, 0.5) is 5.69 Å². The van der Waals surface area contributed by atoms with E-state index >= 15 is 0 Å². The fourth-order valence-electron chi connectivity index (χ4n) is 3.30. The predicted molar refractivity (Wildman–Crippen MR) is 105 cm³/mol. The number of methoxy groups -OCH3 is 1.